The standard InChI is InChI=1S/C25H27N3O/c1-16-7-6-8-20(13-16)27-28-25(29)22-15-24(19-12-11-17(2)18(3)14-19)26-23-10-5-4-9-21(22)23/h4-5,9-12,14-16H,6-8,13H2,1-3H3,(H,28,29). The number of hydrazone groups is 1. The molecule has 0 radical (unpaired) electrons. The monoisotopic (exact) mass is 385 g/mol. The molecule has 0 bridgehead atoms. The first-order chi connectivity index (χ1) is 14.0. The van der Waals surface area contributed by atoms with Crippen molar-refractivity contribution >= 4 is 22.5 Å². The number of aryl methyl sites for hydroxylation is 2. The van der Waals surface area contributed by atoms with E-state index in [4.69, 9.17) is 4.98 Å². The van der Waals surface area contributed by atoms with Gasteiger partial charge in [-0.2, -0.15) is 5.10 Å². The highest BCUT2D eigenvalue weighted by molar-refractivity contribution is 6.07. The Morgan fingerprint density at radius 2 is 1.93 bits per heavy atom. The topological polar surface area (TPSA) is 54.4 Å². The van der Waals surface area contributed by atoms with Gasteiger partial charge in [0.1, 0.15) is 0 Å². The normalized spacial score (nSPS) is 18.2. The fourth-order valence-corrected chi connectivity index (χ4v) is 3.96. The first-order valence-electron chi connectivity index (χ1n) is 10.3. The molecule has 0 spiro atoms. The van der Waals surface area contributed by atoms with E-state index in [0.29, 0.717) is 11.5 Å². The molecule has 4 nitrogen and oxygen atoms in total. The minimum Gasteiger partial charge on any atom is -0.267 e. The molecule has 1 heterocycles. The highest BCUT2D eigenvalue weighted by Crippen LogP contribution is 2.26. The van der Waals surface area contributed by atoms with Gasteiger partial charge < -0.3 is 0 Å². The Kier molecular flexibility index (Phi) is 5.43. The quantitative estimate of drug-likeness (QED) is 0.578. The van der Waals surface area contributed by atoms with Crippen LogP contribution in [-0.2, 0) is 0 Å². The summed E-state index contributed by atoms with van der Waals surface area (Å²) in [6, 6.07) is 15.9. The molecule has 148 valence electrons. The summed E-state index contributed by atoms with van der Waals surface area (Å²) in [5, 5.41) is 5.28. The van der Waals surface area contributed by atoms with Gasteiger partial charge in [0, 0.05) is 16.7 Å². The number of aromatic nitrogens is 1. The van der Waals surface area contributed by atoms with Crippen LogP contribution >= 0.6 is 0 Å². The zero-order chi connectivity index (χ0) is 20.4. The van der Waals surface area contributed by atoms with Gasteiger partial charge in [-0.15, -0.1) is 0 Å². The molecule has 3 aromatic rings. The third kappa shape index (κ3) is 4.21. The van der Waals surface area contributed by atoms with Gasteiger partial charge in [0.05, 0.1) is 16.8 Å². The Balaban J connectivity index is 1.71. The molecule has 1 fully saturated rings. The van der Waals surface area contributed by atoms with Crippen LogP contribution in [0.5, 0.6) is 0 Å². The third-order valence-electron chi connectivity index (χ3n) is 5.83. The summed E-state index contributed by atoms with van der Waals surface area (Å²) in [5.41, 5.74) is 9.58. The Morgan fingerprint density at radius 1 is 1.10 bits per heavy atom. The van der Waals surface area contributed by atoms with E-state index >= 15 is 0 Å². The molecule has 1 N–H and O–H groups in total. The van der Waals surface area contributed by atoms with Crippen LogP contribution in [0, 0.1) is 19.8 Å². The zero-order valence-corrected chi connectivity index (χ0v) is 17.3. The molecule has 1 unspecified atom stereocenters. The number of benzene rings is 2. The minimum absolute atomic E-state index is 0.181. The van der Waals surface area contributed by atoms with Gasteiger partial charge in [0.25, 0.3) is 5.91 Å². The summed E-state index contributed by atoms with van der Waals surface area (Å²) in [6.07, 6.45) is 4.31. The lowest BCUT2D eigenvalue weighted by molar-refractivity contribution is 0.0956. The molecule has 1 atom stereocenters. The van der Waals surface area contributed by atoms with Crippen molar-refractivity contribution in [1.29, 1.82) is 0 Å². The number of nitrogens with zero attached hydrogens (tertiary/aromatic N) is 2. The second-order valence-electron chi connectivity index (χ2n) is 8.19. The minimum atomic E-state index is -0.181. The number of pyridine rings is 1. The van der Waals surface area contributed by atoms with Gasteiger partial charge >= 0.3 is 0 Å². The van der Waals surface area contributed by atoms with Crippen LogP contribution in [0.2, 0.25) is 0 Å². The van der Waals surface area contributed by atoms with Gasteiger partial charge in [0.2, 0.25) is 0 Å². The van der Waals surface area contributed by atoms with E-state index < -0.39 is 0 Å². The first-order valence-corrected chi connectivity index (χ1v) is 10.3. The second kappa shape index (κ2) is 8.16. The maximum absolute atomic E-state index is 13.0. The number of carbonyl (C=O) groups excluding carboxylic acids is 1. The van der Waals surface area contributed by atoms with Gasteiger partial charge in [-0.3, -0.25) is 4.79 Å². The summed E-state index contributed by atoms with van der Waals surface area (Å²) in [7, 11) is 0. The number of amides is 1. The first kappa shape index (κ1) is 19.3. The second-order valence-corrected chi connectivity index (χ2v) is 8.19. The van der Waals surface area contributed by atoms with Gasteiger partial charge in [-0.25, -0.2) is 10.4 Å². The van der Waals surface area contributed by atoms with Gasteiger partial charge in [0.15, 0.2) is 0 Å². The lowest BCUT2D eigenvalue weighted by atomic mass is 9.89. The maximum atomic E-state index is 13.0. The van der Waals surface area contributed by atoms with Crippen LogP contribution in [0.15, 0.2) is 53.6 Å². The van der Waals surface area contributed by atoms with Crippen molar-refractivity contribution in [2.24, 2.45) is 11.0 Å². The van der Waals surface area contributed by atoms with E-state index in [1.54, 1.807) is 0 Å². The molecule has 0 saturated heterocycles. The van der Waals surface area contributed by atoms with E-state index in [1.165, 1.54) is 17.5 Å². The number of fused-ring (bicyclic) bond motifs is 1. The number of nitrogens with one attached hydrogen (secondary N) is 1. The SMILES string of the molecule is Cc1ccc(-c2cc(C(=O)NN=C3CCCC(C)C3)c3ccccc3n2)cc1C. The molecular weight excluding hydrogens is 358 g/mol. The van der Waals surface area contributed by atoms with Crippen molar-refractivity contribution in [2.75, 3.05) is 0 Å². The lowest BCUT2D eigenvalue weighted by Crippen LogP contribution is -2.22. The van der Waals surface area contributed by atoms with Crippen molar-refractivity contribution in [3.8, 4) is 11.3 Å². The van der Waals surface area contributed by atoms with E-state index in [-0.39, 0.29) is 5.91 Å². The van der Waals surface area contributed by atoms with Crippen molar-refractivity contribution in [3.63, 3.8) is 0 Å². The fourth-order valence-electron chi connectivity index (χ4n) is 3.96. The summed E-state index contributed by atoms with van der Waals surface area (Å²) in [5.74, 6) is 0.456. The van der Waals surface area contributed by atoms with Crippen LogP contribution < -0.4 is 5.43 Å². The van der Waals surface area contributed by atoms with Crippen molar-refractivity contribution in [3.05, 3.63) is 65.2 Å². The summed E-state index contributed by atoms with van der Waals surface area (Å²) >= 11 is 0. The van der Waals surface area contributed by atoms with E-state index in [0.717, 1.165) is 47.1 Å². The van der Waals surface area contributed by atoms with Crippen LogP contribution in [0.1, 0.15) is 54.1 Å². The van der Waals surface area contributed by atoms with Crippen LogP contribution in [0.3, 0.4) is 0 Å². The Bertz CT molecular complexity index is 1100. The molecule has 29 heavy (non-hydrogen) atoms. The van der Waals surface area contributed by atoms with Crippen LogP contribution in [-0.4, -0.2) is 16.6 Å². The van der Waals surface area contributed by atoms with Gasteiger partial charge in [-0.05, 0) is 74.8 Å². The molecule has 0 aliphatic heterocycles. The van der Waals surface area contributed by atoms with Crippen LogP contribution in [0.25, 0.3) is 22.2 Å². The Labute approximate surface area is 172 Å². The molecule has 1 aliphatic carbocycles. The predicted octanol–water partition coefficient (Wildman–Crippen LogP) is 5.81. The van der Waals surface area contributed by atoms with Crippen LogP contribution in [0.4, 0.5) is 0 Å². The molecule has 4 rings (SSSR count). The zero-order valence-electron chi connectivity index (χ0n) is 17.3. The molecule has 1 saturated carbocycles. The smallest absolute Gasteiger partial charge is 0.267 e. The highest BCUT2D eigenvalue weighted by Gasteiger charge is 2.17. The number of carbonyl (C=O) groups is 1. The average molecular weight is 386 g/mol. The summed E-state index contributed by atoms with van der Waals surface area (Å²) < 4.78 is 0. The average Bonchev–Trinajstić information content (AvgIpc) is 2.73. The lowest BCUT2D eigenvalue weighted by Gasteiger charge is -2.19. The fraction of sp³-hybridized carbons (Fsp3) is 0.320. The third-order valence-corrected chi connectivity index (χ3v) is 5.83. The summed E-state index contributed by atoms with van der Waals surface area (Å²) in [6.45, 7) is 6.43. The summed E-state index contributed by atoms with van der Waals surface area (Å²) in [4.78, 5) is 17.8. The maximum Gasteiger partial charge on any atom is 0.272 e. The van der Waals surface area contributed by atoms with Gasteiger partial charge in [-0.1, -0.05) is 37.3 Å². The molecule has 2 aromatic carbocycles. The van der Waals surface area contributed by atoms with Crippen molar-refractivity contribution in [2.45, 2.75) is 46.5 Å². The largest absolute Gasteiger partial charge is 0.272 e. The Morgan fingerprint density at radius 3 is 2.72 bits per heavy atom. The molecule has 1 amide bonds. The number of hydrogen-bond acceptors (Lipinski definition) is 3. The molecule has 4 heteroatoms. The number of hydrogen-bond donors (Lipinski definition) is 1. The van der Waals surface area contributed by atoms with Crippen molar-refractivity contribution in [1.82, 2.24) is 10.4 Å². The van der Waals surface area contributed by atoms with E-state index in [1.807, 2.05) is 30.3 Å². The number of rotatable bonds is 3. The predicted molar refractivity (Wildman–Crippen MR) is 119 cm³/mol. The highest BCUT2D eigenvalue weighted by atomic mass is 16.2. The molecular formula is C25H27N3O. The molecule has 1 aromatic heterocycles. The number of para-hydroxylation sites is 1. The van der Waals surface area contributed by atoms with Crippen molar-refractivity contribution < 1.29 is 4.79 Å². The van der Waals surface area contributed by atoms with E-state index in [9.17, 15) is 4.79 Å². The molecule has 1 aliphatic rings. The Hall–Kier alpha value is -3.01. The van der Waals surface area contributed by atoms with E-state index in [2.05, 4.69) is 49.5 Å².